The standard InChI is InChI=1S/C20H31FN4O/c1-3-22-20(25(2)15-16-8-7-9-17(21)14-16)23-13-12-19(26)24-18-10-5-4-6-11-18/h7-9,14,18H,3-6,10-13,15H2,1-2H3,(H,22,23)(H,24,26). The summed E-state index contributed by atoms with van der Waals surface area (Å²) < 4.78 is 13.3. The SMILES string of the molecule is CCNC(=NCCC(=O)NC1CCCCC1)N(C)Cc1cccc(F)c1. The molecule has 0 aromatic heterocycles. The van der Waals surface area contributed by atoms with E-state index in [1.54, 1.807) is 6.07 Å². The molecule has 0 radical (unpaired) electrons. The minimum Gasteiger partial charge on any atom is -0.357 e. The normalized spacial score (nSPS) is 15.6. The van der Waals surface area contributed by atoms with Crippen LogP contribution in [0.3, 0.4) is 0 Å². The second-order valence-electron chi connectivity index (χ2n) is 6.87. The summed E-state index contributed by atoms with van der Waals surface area (Å²) in [6, 6.07) is 6.90. The van der Waals surface area contributed by atoms with E-state index in [0.717, 1.165) is 30.9 Å². The van der Waals surface area contributed by atoms with E-state index in [0.29, 0.717) is 25.6 Å². The van der Waals surface area contributed by atoms with E-state index in [1.165, 1.54) is 31.4 Å². The van der Waals surface area contributed by atoms with Gasteiger partial charge in [0, 0.05) is 32.6 Å². The molecule has 1 saturated carbocycles. The molecule has 1 aliphatic rings. The van der Waals surface area contributed by atoms with Crippen LogP contribution in [0, 0.1) is 5.82 Å². The first-order valence-electron chi connectivity index (χ1n) is 9.61. The van der Waals surface area contributed by atoms with Crippen molar-refractivity contribution in [1.82, 2.24) is 15.5 Å². The molecule has 26 heavy (non-hydrogen) atoms. The van der Waals surface area contributed by atoms with Crippen LogP contribution in [-0.2, 0) is 11.3 Å². The Morgan fingerprint density at radius 2 is 2.08 bits per heavy atom. The number of aliphatic imine (C=N–C) groups is 1. The first-order valence-corrected chi connectivity index (χ1v) is 9.61. The highest BCUT2D eigenvalue weighted by molar-refractivity contribution is 5.80. The Kier molecular flexibility index (Phi) is 8.38. The number of hydrogen-bond donors (Lipinski definition) is 2. The predicted octanol–water partition coefficient (Wildman–Crippen LogP) is 3.06. The first kappa shape index (κ1) is 20.2. The number of rotatable bonds is 7. The van der Waals surface area contributed by atoms with Gasteiger partial charge in [-0.3, -0.25) is 9.79 Å². The van der Waals surface area contributed by atoms with Gasteiger partial charge in [-0.15, -0.1) is 0 Å². The van der Waals surface area contributed by atoms with Crippen LogP contribution in [-0.4, -0.2) is 42.9 Å². The van der Waals surface area contributed by atoms with Crippen molar-refractivity contribution in [3.63, 3.8) is 0 Å². The number of benzene rings is 1. The maximum atomic E-state index is 13.3. The molecule has 0 spiro atoms. The molecule has 1 fully saturated rings. The van der Waals surface area contributed by atoms with Crippen LogP contribution in [0.2, 0.25) is 0 Å². The highest BCUT2D eigenvalue weighted by atomic mass is 19.1. The van der Waals surface area contributed by atoms with E-state index in [1.807, 2.05) is 24.9 Å². The van der Waals surface area contributed by atoms with Gasteiger partial charge < -0.3 is 15.5 Å². The monoisotopic (exact) mass is 362 g/mol. The molecule has 1 aromatic rings. The van der Waals surface area contributed by atoms with Crippen molar-refractivity contribution in [3.05, 3.63) is 35.6 Å². The van der Waals surface area contributed by atoms with Crippen LogP contribution < -0.4 is 10.6 Å². The molecule has 0 unspecified atom stereocenters. The Balaban J connectivity index is 1.83. The highest BCUT2D eigenvalue weighted by Crippen LogP contribution is 2.17. The van der Waals surface area contributed by atoms with Crippen molar-refractivity contribution in [2.24, 2.45) is 4.99 Å². The van der Waals surface area contributed by atoms with Gasteiger partial charge in [-0.1, -0.05) is 31.4 Å². The fraction of sp³-hybridized carbons (Fsp3) is 0.600. The zero-order valence-corrected chi connectivity index (χ0v) is 15.9. The van der Waals surface area contributed by atoms with Crippen LogP contribution >= 0.6 is 0 Å². The zero-order valence-electron chi connectivity index (χ0n) is 15.9. The molecule has 0 atom stereocenters. The summed E-state index contributed by atoms with van der Waals surface area (Å²) in [6.45, 7) is 3.73. The lowest BCUT2D eigenvalue weighted by Gasteiger charge is -2.23. The van der Waals surface area contributed by atoms with Gasteiger partial charge >= 0.3 is 0 Å². The summed E-state index contributed by atoms with van der Waals surface area (Å²) in [5.74, 6) is 0.559. The Morgan fingerprint density at radius 3 is 2.77 bits per heavy atom. The highest BCUT2D eigenvalue weighted by Gasteiger charge is 2.15. The largest absolute Gasteiger partial charge is 0.357 e. The van der Waals surface area contributed by atoms with E-state index in [-0.39, 0.29) is 11.7 Å². The molecule has 1 aromatic carbocycles. The maximum Gasteiger partial charge on any atom is 0.222 e. The van der Waals surface area contributed by atoms with Gasteiger partial charge in [0.15, 0.2) is 5.96 Å². The maximum absolute atomic E-state index is 13.3. The van der Waals surface area contributed by atoms with Gasteiger partial charge in [0.1, 0.15) is 5.82 Å². The molecular formula is C20H31FN4O. The van der Waals surface area contributed by atoms with Crippen molar-refractivity contribution in [2.45, 2.75) is 58.0 Å². The lowest BCUT2D eigenvalue weighted by Crippen LogP contribution is -2.39. The van der Waals surface area contributed by atoms with E-state index in [2.05, 4.69) is 15.6 Å². The molecule has 1 aliphatic carbocycles. The molecule has 0 aliphatic heterocycles. The first-order chi connectivity index (χ1) is 12.6. The number of nitrogens with zero attached hydrogens (tertiary/aromatic N) is 2. The summed E-state index contributed by atoms with van der Waals surface area (Å²) in [6.07, 6.45) is 6.26. The fourth-order valence-electron chi connectivity index (χ4n) is 3.26. The number of amides is 1. The van der Waals surface area contributed by atoms with Gasteiger partial charge in [-0.05, 0) is 37.5 Å². The van der Waals surface area contributed by atoms with E-state index < -0.39 is 0 Å². The van der Waals surface area contributed by atoms with Gasteiger partial charge in [0.05, 0.1) is 6.54 Å². The number of carbonyl (C=O) groups excluding carboxylic acids is 1. The molecule has 0 heterocycles. The predicted molar refractivity (Wildman–Crippen MR) is 103 cm³/mol. The summed E-state index contributed by atoms with van der Waals surface area (Å²) in [5, 5.41) is 6.34. The lowest BCUT2D eigenvalue weighted by molar-refractivity contribution is -0.121. The van der Waals surface area contributed by atoms with Crippen molar-refractivity contribution < 1.29 is 9.18 Å². The average Bonchev–Trinajstić information content (AvgIpc) is 2.62. The smallest absolute Gasteiger partial charge is 0.222 e. The van der Waals surface area contributed by atoms with Crippen LogP contribution in [0.25, 0.3) is 0 Å². The number of guanidine groups is 1. The summed E-state index contributed by atoms with van der Waals surface area (Å²) >= 11 is 0. The Bertz CT molecular complexity index is 599. The third-order valence-corrected chi connectivity index (χ3v) is 4.58. The van der Waals surface area contributed by atoms with Gasteiger partial charge in [-0.2, -0.15) is 0 Å². The summed E-state index contributed by atoms with van der Waals surface area (Å²) in [4.78, 5) is 18.6. The summed E-state index contributed by atoms with van der Waals surface area (Å²) in [7, 11) is 1.91. The van der Waals surface area contributed by atoms with Crippen molar-refractivity contribution in [2.75, 3.05) is 20.1 Å². The van der Waals surface area contributed by atoms with Crippen LogP contribution in [0.5, 0.6) is 0 Å². The summed E-state index contributed by atoms with van der Waals surface area (Å²) in [5.41, 5.74) is 0.883. The zero-order chi connectivity index (χ0) is 18.8. The Labute approximate surface area is 156 Å². The number of hydrogen-bond acceptors (Lipinski definition) is 2. The molecule has 5 nitrogen and oxygen atoms in total. The third kappa shape index (κ3) is 7.02. The Morgan fingerprint density at radius 1 is 1.31 bits per heavy atom. The van der Waals surface area contributed by atoms with Crippen molar-refractivity contribution >= 4 is 11.9 Å². The molecule has 144 valence electrons. The Hall–Kier alpha value is -2.11. The number of halogens is 1. The average molecular weight is 362 g/mol. The van der Waals surface area contributed by atoms with Crippen molar-refractivity contribution in [1.29, 1.82) is 0 Å². The topological polar surface area (TPSA) is 56.7 Å². The van der Waals surface area contributed by atoms with Gasteiger partial charge in [0.25, 0.3) is 0 Å². The minimum absolute atomic E-state index is 0.0734. The number of nitrogens with one attached hydrogen (secondary N) is 2. The molecule has 0 saturated heterocycles. The fourth-order valence-corrected chi connectivity index (χ4v) is 3.26. The quantitative estimate of drug-likeness (QED) is 0.579. The molecular weight excluding hydrogens is 331 g/mol. The molecule has 1 amide bonds. The number of carbonyl (C=O) groups is 1. The van der Waals surface area contributed by atoms with Gasteiger partial charge in [-0.25, -0.2) is 4.39 Å². The molecule has 6 heteroatoms. The molecule has 2 rings (SSSR count). The lowest BCUT2D eigenvalue weighted by atomic mass is 9.95. The van der Waals surface area contributed by atoms with E-state index in [9.17, 15) is 9.18 Å². The second kappa shape index (κ2) is 10.8. The van der Waals surface area contributed by atoms with Crippen LogP contribution in [0.1, 0.15) is 51.0 Å². The molecule has 2 N–H and O–H groups in total. The van der Waals surface area contributed by atoms with Gasteiger partial charge in [0.2, 0.25) is 5.91 Å². The van der Waals surface area contributed by atoms with Crippen molar-refractivity contribution in [3.8, 4) is 0 Å². The minimum atomic E-state index is -0.239. The van der Waals surface area contributed by atoms with E-state index >= 15 is 0 Å². The van der Waals surface area contributed by atoms with Crippen LogP contribution in [0.15, 0.2) is 29.3 Å². The second-order valence-corrected chi connectivity index (χ2v) is 6.87. The third-order valence-electron chi connectivity index (χ3n) is 4.58. The molecule has 0 bridgehead atoms. The van der Waals surface area contributed by atoms with Crippen LogP contribution in [0.4, 0.5) is 4.39 Å². The van der Waals surface area contributed by atoms with E-state index in [4.69, 9.17) is 0 Å².